The van der Waals surface area contributed by atoms with Crippen LogP contribution < -0.4 is 10.1 Å². The maximum absolute atomic E-state index is 12.1. The van der Waals surface area contributed by atoms with Crippen molar-refractivity contribution in [3.8, 4) is 5.75 Å². The Labute approximate surface area is 147 Å². The maximum atomic E-state index is 12.1. The molecule has 0 saturated heterocycles. The number of amides is 1. The van der Waals surface area contributed by atoms with Gasteiger partial charge >= 0.3 is 0 Å². The predicted molar refractivity (Wildman–Crippen MR) is 96.8 cm³/mol. The van der Waals surface area contributed by atoms with Gasteiger partial charge in [-0.25, -0.2) is 4.98 Å². The van der Waals surface area contributed by atoms with Gasteiger partial charge in [0.15, 0.2) is 11.5 Å². The zero-order valence-electron chi connectivity index (χ0n) is 14.5. The number of hydrogen-bond acceptors (Lipinski definition) is 4. The molecule has 1 N–H and O–H groups in total. The first-order valence-corrected chi connectivity index (χ1v) is 8.40. The van der Waals surface area contributed by atoms with Gasteiger partial charge in [-0.3, -0.25) is 4.79 Å². The fourth-order valence-electron chi connectivity index (χ4n) is 2.84. The molecule has 0 radical (unpaired) electrons. The first kappa shape index (κ1) is 17.0. The molecule has 1 aromatic heterocycles. The number of hydrogen-bond donors (Lipinski definition) is 1. The third kappa shape index (κ3) is 4.38. The van der Waals surface area contributed by atoms with Crippen LogP contribution in [0.25, 0.3) is 11.1 Å². The number of para-hydroxylation sites is 1. The van der Waals surface area contributed by atoms with Gasteiger partial charge in [0.25, 0.3) is 0 Å². The highest BCUT2D eigenvalue weighted by molar-refractivity contribution is 5.77. The van der Waals surface area contributed by atoms with Crippen LogP contribution in [0.3, 0.4) is 0 Å². The molecule has 0 aliphatic rings. The summed E-state index contributed by atoms with van der Waals surface area (Å²) < 4.78 is 10.8. The van der Waals surface area contributed by atoms with Crippen LogP contribution in [0.5, 0.6) is 5.75 Å². The van der Waals surface area contributed by atoms with E-state index in [1.807, 2.05) is 49.4 Å². The zero-order valence-corrected chi connectivity index (χ0v) is 14.5. The second kappa shape index (κ2) is 7.83. The molecular weight excluding hydrogens is 316 g/mol. The van der Waals surface area contributed by atoms with Crippen molar-refractivity contribution in [3.05, 3.63) is 59.5 Å². The van der Waals surface area contributed by atoms with Crippen LogP contribution in [0.15, 0.2) is 46.9 Å². The number of methoxy groups -OCH3 is 1. The standard InChI is InChI=1S/C20H22N2O3/c1-14-22-17-13-15(7-9-19(17)25-14)8-10-20(23)21-12-11-16-5-3-4-6-18(16)24-2/h3-7,9,13H,8,10-12H2,1-2H3,(H,21,23). The van der Waals surface area contributed by atoms with Gasteiger partial charge < -0.3 is 14.5 Å². The lowest BCUT2D eigenvalue weighted by Crippen LogP contribution is -2.26. The van der Waals surface area contributed by atoms with E-state index in [4.69, 9.17) is 9.15 Å². The van der Waals surface area contributed by atoms with Crippen molar-refractivity contribution in [2.75, 3.05) is 13.7 Å². The Kier molecular flexibility index (Phi) is 5.33. The molecule has 0 saturated carbocycles. The molecule has 25 heavy (non-hydrogen) atoms. The highest BCUT2D eigenvalue weighted by Gasteiger charge is 2.07. The maximum Gasteiger partial charge on any atom is 0.220 e. The molecule has 5 nitrogen and oxygen atoms in total. The molecule has 0 fully saturated rings. The summed E-state index contributed by atoms with van der Waals surface area (Å²) in [6.07, 6.45) is 1.89. The number of oxazole rings is 1. The molecule has 3 rings (SSSR count). The van der Waals surface area contributed by atoms with Crippen molar-refractivity contribution in [3.63, 3.8) is 0 Å². The second-order valence-electron chi connectivity index (χ2n) is 5.95. The molecule has 1 amide bonds. The van der Waals surface area contributed by atoms with Gasteiger partial charge in [-0.2, -0.15) is 0 Å². The molecule has 5 heteroatoms. The van der Waals surface area contributed by atoms with E-state index in [-0.39, 0.29) is 5.91 Å². The fourth-order valence-corrected chi connectivity index (χ4v) is 2.84. The number of fused-ring (bicyclic) bond motifs is 1. The van der Waals surface area contributed by atoms with Crippen molar-refractivity contribution in [1.29, 1.82) is 0 Å². The molecule has 3 aromatic rings. The van der Waals surface area contributed by atoms with E-state index in [2.05, 4.69) is 10.3 Å². The van der Waals surface area contributed by atoms with E-state index in [0.29, 0.717) is 25.3 Å². The van der Waals surface area contributed by atoms with E-state index in [9.17, 15) is 4.79 Å². The lowest BCUT2D eigenvalue weighted by molar-refractivity contribution is -0.121. The number of carbonyl (C=O) groups excluding carboxylic acids is 1. The van der Waals surface area contributed by atoms with E-state index in [1.54, 1.807) is 7.11 Å². The number of rotatable bonds is 7. The summed E-state index contributed by atoms with van der Waals surface area (Å²) in [7, 11) is 1.66. The molecule has 0 bridgehead atoms. The Morgan fingerprint density at radius 3 is 2.88 bits per heavy atom. The SMILES string of the molecule is COc1ccccc1CCNC(=O)CCc1ccc2oc(C)nc2c1. The first-order valence-electron chi connectivity index (χ1n) is 8.40. The number of nitrogens with zero attached hydrogens (tertiary/aromatic N) is 1. The zero-order chi connectivity index (χ0) is 17.6. The Bertz CT molecular complexity index is 870. The average Bonchev–Trinajstić information content (AvgIpc) is 2.99. The highest BCUT2D eigenvalue weighted by atomic mass is 16.5. The number of aromatic nitrogens is 1. The third-order valence-electron chi connectivity index (χ3n) is 4.11. The first-order chi connectivity index (χ1) is 12.2. The minimum Gasteiger partial charge on any atom is -0.496 e. The van der Waals surface area contributed by atoms with Crippen molar-refractivity contribution in [1.82, 2.24) is 10.3 Å². The highest BCUT2D eigenvalue weighted by Crippen LogP contribution is 2.18. The Morgan fingerprint density at radius 1 is 1.20 bits per heavy atom. The quantitative estimate of drug-likeness (QED) is 0.717. The van der Waals surface area contributed by atoms with Gasteiger partial charge in [-0.15, -0.1) is 0 Å². The molecule has 0 unspecified atom stereocenters. The molecular formula is C20H22N2O3. The van der Waals surface area contributed by atoms with Gasteiger partial charge in [0.2, 0.25) is 5.91 Å². The topological polar surface area (TPSA) is 64.4 Å². The molecule has 0 aliphatic carbocycles. The van der Waals surface area contributed by atoms with Gasteiger partial charge in [0.1, 0.15) is 11.3 Å². The van der Waals surface area contributed by atoms with Crippen LogP contribution >= 0.6 is 0 Å². The lowest BCUT2D eigenvalue weighted by Gasteiger charge is -2.09. The fraction of sp³-hybridized carbons (Fsp3) is 0.300. The Balaban J connectivity index is 1.47. The second-order valence-corrected chi connectivity index (χ2v) is 5.95. The normalized spacial score (nSPS) is 10.8. The Morgan fingerprint density at radius 2 is 2.04 bits per heavy atom. The van der Waals surface area contributed by atoms with E-state index < -0.39 is 0 Å². The van der Waals surface area contributed by atoms with Crippen LogP contribution in [-0.4, -0.2) is 24.5 Å². The van der Waals surface area contributed by atoms with E-state index in [0.717, 1.165) is 34.4 Å². The van der Waals surface area contributed by atoms with Gasteiger partial charge in [0, 0.05) is 19.9 Å². The number of ether oxygens (including phenoxy) is 1. The lowest BCUT2D eigenvalue weighted by atomic mass is 10.1. The van der Waals surface area contributed by atoms with E-state index in [1.165, 1.54) is 0 Å². The summed E-state index contributed by atoms with van der Waals surface area (Å²) in [5.74, 6) is 1.56. The van der Waals surface area contributed by atoms with Gasteiger partial charge in [-0.1, -0.05) is 24.3 Å². The predicted octanol–water partition coefficient (Wildman–Crippen LogP) is 3.44. The number of benzene rings is 2. The summed E-state index contributed by atoms with van der Waals surface area (Å²) >= 11 is 0. The minimum absolute atomic E-state index is 0.0475. The molecule has 0 atom stereocenters. The van der Waals surface area contributed by atoms with Crippen LogP contribution in [0.4, 0.5) is 0 Å². The number of nitrogens with one attached hydrogen (secondary N) is 1. The monoisotopic (exact) mass is 338 g/mol. The van der Waals surface area contributed by atoms with Crippen LogP contribution in [0, 0.1) is 6.92 Å². The Hall–Kier alpha value is -2.82. The van der Waals surface area contributed by atoms with Crippen LogP contribution in [0.2, 0.25) is 0 Å². The van der Waals surface area contributed by atoms with Crippen LogP contribution in [-0.2, 0) is 17.6 Å². The number of aryl methyl sites for hydroxylation is 2. The van der Waals surface area contributed by atoms with E-state index >= 15 is 0 Å². The molecule has 0 aliphatic heterocycles. The molecule has 2 aromatic carbocycles. The molecule has 1 heterocycles. The summed E-state index contributed by atoms with van der Waals surface area (Å²) in [5.41, 5.74) is 3.80. The van der Waals surface area contributed by atoms with Crippen molar-refractivity contribution in [2.24, 2.45) is 0 Å². The van der Waals surface area contributed by atoms with Crippen molar-refractivity contribution in [2.45, 2.75) is 26.2 Å². The largest absolute Gasteiger partial charge is 0.496 e. The van der Waals surface area contributed by atoms with Crippen LogP contribution in [0.1, 0.15) is 23.4 Å². The summed E-state index contributed by atoms with van der Waals surface area (Å²) in [6, 6.07) is 13.7. The molecule has 0 spiro atoms. The summed E-state index contributed by atoms with van der Waals surface area (Å²) in [5, 5.41) is 2.97. The summed E-state index contributed by atoms with van der Waals surface area (Å²) in [4.78, 5) is 16.4. The number of carbonyl (C=O) groups is 1. The van der Waals surface area contributed by atoms with Gasteiger partial charge in [0.05, 0.1) is 7.11 Å². The molecule has 130 valence electrons. The van der Waals surface area contributed by atoms with Gasteiger partial charge in [-0.05, 0) is 42.2 Å². The smallest absolute Gasteiger partial charge is 0.220 e. The van der Waals surface area contributed by atoms with Crippen molar-refractivity contribution < 1.29 is 13.9 Å². The minimum atomic E-state index is 0.0475. The third-order valence-corrected chi connectivity index (χ3v) is 4.11. The summed E-state index contributed by atoms with van der Waals surface area (Å²) in [6.45, 7) is 2.43. The average molecular weight is 338 g/mol. The van der Waals surface area contributed by atoms with Crippen molar-refractivity contribution >= 4 is 17.0 Å².